The highest BCUT2D eigenvalue weighted by Crippen LogP contribution is 2.27. The van der Waals surface area contributed by atoms with Crippen LogP contribution in [0, 0.1) is 13.8 Å². The zero-order valence-electron chi connectivity index (χ0n) is 18.5. The number of aryl methyl sites for hydroxylation is 2. The van der Waals surface area contributed by atoms with Crippen molar-refractivity contribution in [1.82, 2.24) is 19.7 Å². The summed E-state index contributed by atoms with van der Waals surface area (Å²) in [5, 5.41) is 15.0. The van der Waals surface area contributed by atoms with Crippen LogP contribution in [0.5, 0.6) is 0 Å². The van der Waals surface area contributed by atoms with Crippen molar-refractivity contribution in [1.29, 1.82) is 0 Å². The zero-order chi connectivity index (χ0) is 24.2. The summed E-state index contributed by atoms with van der Waals surface area (Å²) in [6, 6.07) is 10.6. The Morgan fingerprint density at radius 3 is 2.55 bits per heavy atom. The molecule has 1 aromatic carbocycles. The number of carboxylic acids is 1. The van der Waals surface area contributed by atoms with E-state index in [0.717, 1.165) is 48.7 Å². The predicted octanol–water partition coefficient (Wildman–Crippen LogP) is 3.60. The maximum Gasteiger partial charge on any atom is 0.490 e. The summed E-state index contributed by atoms with van der Waals surface area (Å²) in [6.45, 7) is 6.91. The molecule has 8 nitrogen and oxygen atoms in total. The van der Waals surface area contributed by atoms with Gasteiger partial charge in [0.2, 0.25) is 5.95 Å². The largest absolute Gasteiger partial charge is 0.490 e. The number of carboxylic acid groups (broad SMARTS) is 1. The van der Waals surface area contributed by atoms with Crippen molar-refractivity contribution >= 4 is 17.6 Å². The fourth-order valence-corrected chi connectivity index (χ4v) is 3.67. The van der Waals surface area contributed by atoms with Crippen LogP contribution in [0.25, 0.3) is 11.3 Å². The van der Waals surface area contributed by atoms with E-state index in [0.29, 0.717) is 5.95 Å². The van der Waals surface area contributed by atoms with E-state index in [2.05, 4.69) is 51.5 Å². The third-order valence-electron chi connectivity index (χ3n) is 5.31. The number of alkyl halides is 3. The van der Waals surface area contributed by atoms with Gasteiger partial charge in [-0.05, 0) is 38.0 Å². The number of para-hydroxylation sites is 1. The van der Waals surface area contributed by atoms with Crippen LogP contribution >= 0.6 is 0 Å². The Morgan fingerprint density at radius 2 is 1.91 bits per heavy atom. The number of rotatable bonds is 5. The lowest BCUT2D eigenvalue weighted by Gasteiger charge is -2.19. The molecule has 1 aliphatic rings. The quantitative estimate of drug-likeness (QED) is 0.598. The van der Waals surface area contributed by atoms with Crippen molar-refractivity contribution in [2.75, 3.05) is 29.9 Å². The minimum absolute atomic E-state index is 0.664. The molecule has 0 saturated heterocycles. The molecule has 0 saturated carbocycles. The average Bonchev–Trinajstić information content (AvgIpc) is 3.28. The van der Waals surface area contributed by atoms with Crippen LogP contribution in [-0.2, 0) is 18.3 Å². The number of aromatic nitrogens is 4. The molecule has 0 aliphatic carbocycles. The fourth-order valence-electron chi connectivity index (χ4n) is 3.67. The molecular formula is C22H25F3N6O2. The molecule has 11 heteroatoms. The molecule has 2 aromatic heterocycles. The molecule has 0 spiro atoms. The minimum atomic E-state index is -5.08. The number of benzene rings is 1. The van der Waals surface area contributed by atoms with Gasteiger partial charge in [0, 0.05) is 49.8 Å². The number of halogens is 3. The van der Waals surface area contributed by atoms with Gasteiger partial charge in [0.15, 0.2) is 0 Å². The van der Waals surface area contributed by atoms with E-state index in [1.807, 2.05) is 30.9 Å². The molecule has 4 rings (SSSR count). The van der Waals surface area contributed by atoms with E-state index in [1.54, 1.807) is 0 Å². The lowest BCUT2D eigenvalue weighted by Crippen LogP contribution is -2.27. The van der Waals surface area contributed by atoms with Gasteiger partial charge >= 0.3 is 12.1 Å². The molecule has 0 fully saturated rings. The minimum Gasteiger partial charge on any atom is -0.475 e. The van der Waals surface area contributed by atoms with Gasteiger partial charge in [0.05, 0.1) is 11.4 Å². The Balaban J connectivity index is 0.000000383. The highest BCUT2D eigenvalue weighted by Gasteiger charge is 2.38. The summed E-state index contributed by atoms with van der Waals surface area (Å²) in [5.74, 6) is -2.09. The standard InChI is InChI=1S/C20H24N6.C2HF3O2/c1-14-19(15(2)25(3)24-14)17-8-10-21-20(23-17)22-11-13-26-12-9-16-6-4-5-7-18(16)26;3-2(4,5)1(6)7/h4-8,10H,9,11-13H2,1-3H3,(H,21,22,23);(H,6,7). The number of nitrogens with one attached hydrogen (secondary N) is 1. The summed E-state index contributed by atoms with van der Waals surface area (Å²) in [5.41, 5.74) is 6.89. The molecular weight excluding hydrogens is 437 g/mol. The molecule has 2 N–H and O–H groups in total. The first-order chi connectivity index (χ1) is 15.6. The van der Waals surface area contributed by atoms with Crippen molar-refractivity contribution in [2.24, 2.45) is 7.05 Å². The van der Waals surface area contributed by atoms with Crippen LogP contribution in [0.1, 0.15) is 17.0 Å². The van der Waals surface area contributed by atoms with Crippen LogP contribution < -0.4 is 10.2 Å². The van der Waals surface area contributed by atoms with E-state index < -0.39 is 12.1 Å². The Kier molecular flexibility index (Phi) is 7.19. The first kappa shape index (κ1) is 24.0. The number of fused-ring (bicyclic) bond motifs is 1. The van der Waals surface area contributed by atoms with Crippen LogP contribution in [0.15, 0.2) is 36.5 Å². The number of nitrogens with zero attached hydrogens (tertiary/aromatic N) is 5. The van der Waals surface area contributed by atoms with Gasteiger partial charge in [-0.3, -0.25) is 4.68 Å². The summed E-state index contributed by atoms with van der Waals surface area (Å²) >= 11 is 0. The van der Waals surface area contributed by atoms with Gasteiger partial charge < -0.3 is 15.3 Å². The maximum atomic E-state index is 10.6. The lowest BCUT2D eigenvalue weighted by molar-refractivity contribution is -0.192. The van der Waals surface area contributed by atoms with Gasteiger partial charge in [0.1, 0.15) is 0 Å². The number of aliphatic carboxylic acids is 1. The van der Waals surface area contributed by atoms with Gasteiger partial charge in [-0.2, -0.15) is 18.3 Å². The Morgan fingerprint density at radius 1 is 1.21 bits per heavy atom. The van der Waals surface area contributed by atoms with Crippen molar-refractivity contribution in [3.05, 3.63) is 53.5 Å². The van der Waals surface area contributed by atoms with Gasteiger partial charge in [-0.25, -0.2) is 14.8 Å². The molecule has 0 atom stereocenters. The average molecular weight is 462 g/mol. The predicted molar refractivity (Wildman–Crippen MR) is 118 cm³/mol. The highest BCUT2D eigenvalue weighted by molar-refractivity contribution is 5.73. The van der Waals surface area contributed by atoms with Gasteiger partial charge in [-0.15, -0.1) is 0 Å². The van der Waals surface area contributed by atoms with Crippen LogP contribution in [0.2, 0.25) is 0 Å². The summed E-state index contributed by atoms with van der Waals surface area (Å²) in [4.78, 5) is 20.4. The topological polar surface area (TPSA) is 96.2 Å². The summed E-state index contributed by atoms with van der Waals surface area (Å²) in [6.07, 6.45) is -2.15. The Labute approximate surface area is 189 Å². The van der Waals surface area contributed by atoms with Crippen LogP contribution in [0.3, 0.4) is 0 Å². The molecule has 0 bridgehead atoms. The molecule has 3 aromatic rings. The van der Waals surface area contributed by atoms with E-state index in [-0.39, 0.29) is 0 Å². The smallest absolute Gasteiger partial charge is 0.475 e. The van der Waals surface area contributed by atoms with E-state index in [1.165, 1.54) is 11.3 Å². The van der Waals surface area contributed by atoms with E-state index >= 15 is 0 Å². The second-order valence-corrected chi connectivity index (χ2v) is 7.53. The van der Waals surface area contributed by atoms with Gasteiger partial charge in [0.25, 0.3) is 0 Å². The molecule has 3 heterocycles. The second kappa shape index (κ2) is 9.88. The van der Waals surface area contributed by atoms with Crippen LogP contribution in [0.4, 0.5) is 24.8 Å². The van der Waals surface area contributed by atoms with Crippen molar-refractivity contribution < 1.29 is 23.1 Å². The third-order valence-corrected chi connectivity index (χ3v) is 5.31. The number of hydrogen-bond donors (Lipinski definition) is 2. The normalized spacial score (nSPS) is 12.7. The van der Waals surface area contributed by atoms with E-state index in [9.17, 15) is 13.2 Å². The first-order valence-corrected chi connectivity index (χ1v) is 10.3. The molecule has 0 amide bonds. The number of carbonyl (C=O) groups is 1. The maximum absolute atomic E-state index is 10.6. The molecule has 176 valence electrons. The monoisotopic (exact) mass is 462 g/mol. The molecule has 33 heavy (non-hydrogen) atoms. The SMILES string of the molecule is Cc1nn(C)c(C)c1-c1ccnc(NCCN2CCc3ccccc32)n1.O=C(O)C(F)(F)F. The third kappa shape index (κ3) is 5.79. The van der Waals surface area contributed by atoms with Gasteiger partial charge in [-0.1, -0.05) is 18.2 Å². The molecule has 0 radical (unpaired) electrons. The number of anilines is 2. The first-order valence-electron chi connectivity index (χ1n) is 10.3. The van der Waals surface area contributed by atoms with E-state index in [4.69, 9.17) is 14.9 Å². The van der Waals surface area contributed by atoms with Crippen LogP contribution in [-0.4, -0.2) is 56.6 Å². The Hall–Kier alpha value is -3.63. The Bertz CT molecular complexity index is 1130. The highest BCUT2D eigenvalue weighted by atomic mass is 19.4. The van der Waals surface area contributed by atoms with Crippen molar-refractivity contribution in [3.8, 4) is 11.3 Å². The number of hydrogen-bond acceptors (Lipinski definition) is 6. The van der Waals surface area contributed by atoms with Crippen molar-refractivity contribution in [3.63, 3.8) is 0 Å². The molecule has 0 unspecified atom stereocenters. The summed E-state index contributed by atoms with van der Waals surface area (Å²) in [7, 11) is 1.96. The lowest BCUT2D eigenvalue weighted by atomic mass is 10.1. The fraction of sp³-hybridized carbons (Fsp3) is 0.364. The second-order valence-electron chi connectivity index (χ2n) is 7.53. The zero-order valence-corrected chi connectivity index (χ0v) is 18.5. The van der Waals surface area contributed by atoms with Crippen molar-refractivity contribution in [2.45, 2.75) is 26.4 Å². The summed E-state index contributed by atoms with van der Waals surface area (Å²) < 4.78 is 33.6. The molecule has 1 aliphatic heterocycles.